The fourth-order valence-corrected chi connectivity index (χ4v) is 7.26. The molecule has 0 saturated heterocycles. The molecule has 3 aromatic heterocycles. The molecule has 3 heterocycles. The fourth-order valence-electron chi connectivity index (χ4n) is 7.26. The first-order valence-electron chi connectivity index (χ1n) is 14.5. The van der Waals surface area contributed by atoms with Gasteiger partial charge < -0.3 is 4.40 Å². The molecule has 0 bridgehead atoms. The highest BCUT2D eigenvalue weighted by Crippen LogP contribution is 2.38. The van der Waals surface area contributed by atoms with Crippen LogP contribution in [0.25, 0.3) is 76.8 Å². The zero-order valence-corrected chi connectivity index (χ0v) is 23.5. The Labute approximate surface area is 242 Å². The molecule has 0 aliphatic rings. The molecule has 0 amide bonds. The smallest absolute Gasteiger partial charge is 0.295 e. The Kier molecular flexibility index (Phi) is 4.74. The Bertz CT molecular complexity index is 2600. The van der Waals surface area contributed by atoms with Crippen LogP contribution in [0.5, 0.6) is 0 Å². The van der Waals surface area contributed by atoms with Crippen molar-refractivity contribution in [3.63, 3.8) is 0 Å². The lowest BCUT2D eigenvalue weighted by atomic mass is 10.1. The predicted octanol–water partition coefficient (Wildman–Crippen LogP) is 9.32. The molecule has 0 aliphatic carbocycles. The van der Waals surface area contributed by atoms with E-state index in [1.165, 1.54) is 82.4 Å². The lowest BCUT2D eigenvalue weighted by molar-refractivity contribution is -0.633. The SMILES string of the molecule is Cc1ccccc1-c1n2c3ccccc3c3cccc4c5ccccc5n(c5ccccc5c5cccc(c52)[n+]1C)c34. The number of aromatic nitrogens is 3. The van der Waals surface area contributed by atoms with Gasteiger partial charge in [0.25, 0.3) is 5.82 Å². The van der Waals surface area contributed by atoms with E-state index in [4.69, 9.17) is 0 Å². The first kappa shape index (κ1) is 23.3. The second-order valence-electron chi connectivity index (χ2n) is 11.3. The number of para-hydroxylation sites is 5. The number of fused-ring (bicyclic) bond motifs is 9. The quantitative estimate of drug-likeness (QED) is 0.185. The van der Waals surface area contributed by atoms with Crippen molar-refractivity contribution in [1.29, 1.82) is 0 Å². The van der Waals surface area contributed by atoms with E-state index in [2.05, 4.69) is 161 Å². The van der Waals surface area contributed by atoms with Gasteiger partial charge in [0.1, 0.15) is 5.52 Å². The maximum Gasteiger partial charge on any atom is 0.295 e. The first-order valence-corrected chi connectivity index (χ1v) is 14.5. The van der Waals surface area contributed by atoms with Gasteiger partial charge in [-0.15, -0.1) is 0 Å². The molecule has 6 aromatic carbocycles. The number of hydrogen-bond acceptors (Lipinski definition) is 0. The highest BCUT2D eigenvalue weighted by atomic mass is 15.1. The lowest BCUT2D eigenvalue weighted by Gasteiger charge is -2.08. The van der Waals surface area contributed by atoms with Gasteiger partial charge >= 0.3 is 0 Å². The van der Waals surface area contributed by atoms with Crippen molar-refractivity contribution in [2.24, 2.45) is 7.05 Å². The zero-order valence-electron chi connectivity index (χ0n) is 23.5. The Morgan fingerprint density at radius 1 is 0.429 bits per heavy atom. The van der Waals surface area contributed by atoms with Crippen molar-refractivity contribution in [2.45, 2.75) is 6.92 Å². The molecule has 0 atom stereocenters. The van der Waals surface area contributed by atoms with Gasteiger partial charge in [0.05, 0.1) is 29.2 Å². The summed E-state index contributed by atoms with van der Waals surface area (Å²) in [4.78, 5) is 0. The van der Waals surface area contributed by atoms with Crippen LogP contribution in [0, 0.1) is 6.92 Å². The molecule has 0 aliphatic heterocycles. The maximum absolute atomic E-state index is 2.51. The monoisotopic (exact) mass is 538 g/mol. The minimum Gasteiger partial charge on any atom is -0.308 e. The zero-order chi connectivity index (χ0) is 27.9. The van der Waals surface area contributed by atoms with Crippen LogP contribution in [0.15, 0.2) is 133 Å². The summed E-state index contributed by atoms with van der Waals surface area (Å²) in [6.07, 6.45) is 0. The van der Waals surface area contributed by atoms with Gasteiger partial charge in [-0.1, -0.05) is 97.1 Å². The van der Waals surface area contributed by atoms with Crippen molar-refractivity contribution in [3.05, 3.63) is 139 Å². The van der Waals surface area contributed by atoms with E-state index < -0.39 is 0 Å². The average Bonchev–Trinajstić information content (AvgIpc) is 3.53. The van der Waals surface area contributed by atoms with Crippen molar-refractivity contribution in [3.8, 4) is 11.4 Å². The molecule has 0 fully saturated rings. The lowest BCUT2D eigenvalue weighted by Crippen LogP contribution is -2.29. The van der Waals surface area contributed by atoms with E-state index >= 15 is 0 Å². The van der Waals surface area contributed by atoms with Crippen LogP contribution in [0.2, 0.25) is 0 Å². The van der Waals surface area contributed by atoms with E-state index in [9.17, 15) is 0 Å². The summed E-state index contributed by atoms with van der Waals surface area (Å²) in [5.41, 5.74) is 9.73. The molecule has 0 radical (unpaired) electrons. The highest BCUT2D eigenvalue weighted by Gasteiger charge is 2.27. The third-order valence-electron chi connectivity index (χ3n) is 9.08. The molecule has 0 saturated carbocycles. The summed E-state index contributed by atoms with van der Waals surface area (Å²) < 4.78 is 7.37. The van der Waals surface area contributed by atoms with Gasteiger partial charge in [0.2, 0.25) is 0 Å². The number of nitrogens with zero attached hydrogens (tertiary/aromatic N) is 3. The second-order valence-corrected chi connectivity index (χ2v) is 11.3. The van der Waals surface area contributed by atoms with Crippen LogP contribution in [0.3, 0.4) is 0 Å². The average molecular weight is 539 g/mol. The van der Waals surface area contributed by atoms with Crippen molar-refractivity contribution in [2.75, 3.05) is 0 Å². The molecule has 42 heavy (non-hydrogen) atoms. The van der Waals surface area contributed by atoms with Crippen molar-refractivity contribution < 1.29 is 4.57 Å². The summed E-state index contributed by atoms with van der Waals surface area (Å²) in [6, 6.07) is 48.9. The van der Waals surface area contributed by atoms with E-state index in [1.54, 1.807) is 0 Å². The maximum atomic E-state index is 2.51. The van der Waals surface area contributed by atoms with Crippen LogP contribution >= 0.6 is 0 Å². The molecule has 9 rings (SSSR count). The van der Waals surface area contributed by atoms with E-state index in [-0.39, 0.29) is 0 Å². The Hall–Kier alpha value is -5.41. The molecular weight excluding hydrogens is 510 g/mol. The molecule has 0 N–H and O–H groups in total. The summed E-state index contributed by atoms with van der Waals surface area (Å²) in [5.74, 6) is 1.17. The van der Waals surface area contributed by atoms with Gasteiger partial charge in [-0.05, 0) is 48.9 Å². The summed E-state index contributed by atoms with van der Waals surface area (Å²) >= 11 is 0. The standard InChI is InChI=1S/C39H28N3/c1-25-13-3-4-14-26(25)39-40(2)36-24-12-20-32-29-17-6-9-22-34(29)41-33-21-8-5-15-27(33)30-18-11-19-31(37(30)41)28-16-7-10-23-35(28)42(39)38(32)36/h3-24H,1-2H3/q+1. The van der Waals surface area contributed by atoms with Crippen LogP contribution in [0.1, 0.15) is 5.56 Å². The largest absolute Gasteiger partial charge is 0.308 e. The number of imidazole rings is 1. The summed E-state index contributed by atoms with van der Waals surface area (Å²) in [7, 11) is 2.20. The molecule has 0 unspecified atom stereocenters. The van der Waals surface area contributed by atoms with Gasteiger partial charge in [-0.2, -0.15) is 4.40 Å². The van der Waals surface area contributed by atoms with Gasteiger partial charge in [-0.25, -0.2) is 4.57 Å². The Balaban J connectivity index is 1.75. The van der Waals surface area contributed by atoms with Crippen LogP contribution < -0.4 is 4.57 Å². The van der Waals surface area contributed by atoms with E-state index in [0.717, 1.165) is 0 Å². The summed E-state index contributed by atoms with van der Waals surface area (Å²) in [5, 5.41) is 7.42. The van der Waals surface area contributed by atoms with Crippen molar-refractivity contribution in [1.82, 2.24) is 8.80 Å². The molecular formula is C39H28N3+. The van der Waals surface area contributed by atoms with Gasteiger partial charge in [0, 0.05) is 32.3 Å². The highest BCUT2D eigenvalue weighted by molar-refractivity contribution is 6.21. The minimum absolute atomic E-state index is 1.17. The first-order chi connectivity index (χ1) is 20.7. The normalized spacial score (nSPS) is 12.0. The van der Waals surface area contributed by atoms with E-state index in [1.807, 2.05) is 0 Å². The molecule has 9 aromatic rings. The fraction of sp³-hybridized carbons (Fsp3) is 0.0513. The second kappa shape index (κ2) is 8.55. The van der Waals surface area contributed by atoms with Gasteiger partial charge in [0.15, 0.2) is 11.0 Å². The minimum atomic E-state index is 1.17. The predicted molar refractivity (Wildman–Crippen MR) is 176 cm³/mol. The van der Waals surface area contributed by atoms with Crippen LogP contribution in [0.4, 0.5) is 0 Å². The van der Waals surface area contributed by atoms with Crippen LogP contribution in [-0.2, 0) is 7.05 Å². The van der Waals surface area contributed by atoms with Crippen LogP contribution in [-0.4, -0.2) is 8.80 Å². The van der Waals surface area contributed by atoms with Gasteiger partial charge in [-0.3, -0.25) is 0 Å². The topological polar surface area (TPSA) is 12.7 Å². The molecule has 3 heteroatoms. The third-order valence-corrected chi connectivity index (χ3v) is 9.08. The number of hydrogen-bond donors (Lipinski definition) is 0. The Morgan fingerprint density at radius 2 is 0.881 bits per heavy atom. The third kappa shape index (κ3) is 2.97. The number of rotatable bonds is 1. The molecule has 0 spiro atoms. The Morgan fingerprint density at radius 3 is 1.48 bits per heavy atom. The summed E-state index contributed by atoms with van der Waals surface area (Å²) in [6.45, 7) is 2.21. The van der Waals surface area contributed by atoms with Crippen molar-refractivity contribution >= 4 is 65.4 Å². The number of aryl methyl sites for hydroxylation is 2. The molecule has 198 valence electrons. The van der Waals surface area contributed by atoms with E-state index in [0.29, 0.717) is 0 Å². The number of benzene rings is 6. The molecule has 3 nitrogen and oxygen atoms in total.